The van der Waals surface area contributed by atoms with Gasteiger partial charge in [-0.3, -0.25) is 14.2 Å². The van der Waals surface area contributed by atoms with Gasteiger partial charge in [0, 0.05) is 17.8 Å². The molecule has 0 spiro atoms. The lowest BCUT2D eigenvalue weighted by Crippen LogP contribution is -2.23. The quantitative estimate of drug-likeness (QED) is 0.707. The number of halogens is 1. The molecule has 3 aromatic rings. The molecular weight excluding hydrogens is 367 g/mol. The molecule has 0 radical (unpaired) electrons. The van der Waals surface area contributed by atoms with Crippen molar-refractivity contribution in [3.63, 3.8) is 0 Å². The summed E-state index contributed by atoms with van der Waals surface area (Å²) in [6.07, 6.45) is 0. The minimum atomic E-state index is -0.326. The highest BCUT2D eigenvalue weighted by molar-refractivity contribution is 7.11. The van der Waals surface area contributed by atoms with Gasteiger partial charge >= 0.3 is 4.87 Å². The van der Waals surface area contributed by atoms with Gasteiger partial charge in [-0.05, 0) is 30.7 Å². The van der Waals surface area contributed by atoms with Crippen molar-refractivity contribution < 1.29 is 13.9 Å². The monoisotopic (exact) mass is 386 g/mol. The van der Waals surface area contributed by atoms with Crippen LogP contribution in [-0.4, -0.2) is 17.6 Å². The molecule has 0 saturated carbocycles. The Labute approximate surface area is 160 Å². The van der Waals surface area contributed by atoms with Crippen molar-refractivity contribution in [1.82, 2.24) is 9.88 Å². The summed E-state index contributed by atoms with van der Waals surface area (Å²) < 4.78 is 19.8. The number of thiazole rings is 1. The summed E-state index contributed by atoms with van der Waals surface area (Å²) in [6, 6.07) is 13.4. The Morgan fingerprint density at radius 3 is 2.59 bits per heavy atom. The zero-order valence-corrected chi connectivity index (χ0v) is 15.8. The minimum Gasteiger partial charge on any atom is -0.496 e. The average Bonchev–Trinajstić information content (AvgIpc) is 2.96. The van der Waals surface area contributed by atoms with Crippen LogP contribution in [0, 0.1) is 12.7 Å². The van der Waals surface area contributed by atoms with Gasteiger partial charge in [0.1, 0.15) is 16.4 Å². The number of aromatic nitrogens is 1. The van der Waals surface area contributed by atoms with E-state index in [4.69, 9.17) is 4.74 Å². The van der Waals surface area contributed by atoms with Crippen LogP contribution < -0.4 is 14.9 Å². The van der Waals surface area contributed by atoms with Gasteiger partial charge in [0.15, 0.2) is 0 Å². The molecule has 1 heterocycles. The van der Waals surface area contributed by atoms with Crippen LogP contribution >= 0.6 is 11.3 Å². The average molecular weight is 386 g/mol. The number of amides is 1. The van der Waals surface area contributed by atoms with Gasteiger partial charge < -0.3 is 10.1 Å². The smallest absolute Gasteiger partial charge is 0.308 e. The maximum atomic E-state index is 13.0. The van der Waals surface area contributed by atoms with Gasteiger partial charge in [0.2, 0.25) is 0 Å². The molecule has 27 heavy (non-hydrogen) atoms. The van der Waals surface area contributed by atoms with Crippen molar-refractivity contribution in [1.29, 1.82) is 0 Å². The molecule has 0 saturated heterocycles. The first-order chi connectivity index (χ1) is 13.0. The summed E-state index contributed by atoms with van der Waals surface area (Å²) in [6.45, 7) is 2.34. The van der Waals surface area contributed by atoms with Gasteiger partial charge in [-0.2, -0.15) is 0 Å². The normalized spacial score (nSPS) is 10.6. The van der Waals surface area contributed by atoms with E-state index >= 15 is 0 Å². The van der Waals surface area contributed by atoms with Gasteiger partial charge in [-0.15, -0.1) is 0 Å². The third kappa shape index (κ3) is 4.25. The molecule has 0 atom stereocenters. The van der Waals surface area contributed by atoms with Crippen LogP contribution in [0.4, 0.5) is 4.39 Å². The van der Waals surface area contributed by atoms with Crippen LogP contribution in [0.5, 0.6) is 5.75 Å². The molecule has 140 valence electrons. The lowest BCUT2D eigenvalue weighted by Gasteiger charge is -2.10. The fourth-order valence-electron chi connectivity index (χ4n) is 2.74. The second kappa shape index (κ2) is 8.18. The Morgan fingerprint density at radius 1 is 1.19 bits per heavy atom. The van der Waals surface area contributed by atoms with Crippen LogP contribution in [0.15, 0.2) is 53.3 Å². The number of hydrogen-bond acceptors (Lipinski definition) is 4. The lowest BCUT2D eigenvalue weighted by atomic mass is 10.2. The third-order valence-corrected chi connectivity index (χ3v) is 5.32. The van der Waals surface area contributed by atoms with E-state index in [2.05, 4.69) is 5.32 Å². The van der Waals surface area contributed by atoms with E-state index in [1.807, 2.05) is 24.3 Å². The number of ether oxygens (including phenoxy) is 1. The van der Waals surface area contributed by atoms with Crippen molar-refractivity contribution in [2.75, 3.05) is 7.11 Å². The molecule has 1 N–H and O–H groups in total. The van der Waals surface area contributed by atoms with Crippen LogP contribution in [0.3, 0.4) is 0 Å². The first-order valence-electron chi connectivity index (χ1n) is 8.34. The van der Waals surface area contributed by atoms with Gasteiger partial charge in [0.25, 0.3) is 5.91 Å². The van der Waals surface area contributed by atoms with E-state index in [0.29, 0.717) is 22.9 Å². The van der Waals surface area contributed by atoms with E-state index in [1.165, 1.54) is 12.1 Å². The van der Waals surface area contributed by atoms with Gasteiger partial charge in [0.05, 0.1) is 13.7 Å². The molecule has 7 heteroatoms. The number of para-hydroxylation sites is 1. The molecule has 0 aliphatic heterocycles. The molecule has 0 aliphatic carbocycles. The van der Waals surface area contributed by atoms with Crippen molar-refractivity contribution in [3.8, 4) is 5.75 Å². The van der Waals surface area contributed by atoms with Crippen LogP contribution in [0.1, 0.15) is 26.5 Å². The number of nitrogens with one attached hydrogen (secondary N) is 1. The standard InChI is InChI=1S/C20H19FN2O3S/c1-13-18(19(24)22-11-14-7-9-16(21)10-8-14)27-20(25)23(13)12-15-5-3-4-6-17(15)26-2/h3-10H,11-12H2,1-2H3,(H,22,24). The number of carbonyl (C=O) groups is 1. The van der Waals surface area contributed by atoms with E-state index < -0.39 is 0 Å². The van der Waals surface area contributed by atoms with E-state index in [0.717, 1.165) is 22.5 Å². The summed E-state index contributed by atoms with van der Waals surface area (Å²) >= 11 is 0.914. The molecule has 0 unspecified atom stereocenters. The lowest BCUT2D eigenvalue weighted by molar-refractivity contribution is 0.0954. The van der Waals surface area contributed by atoms with Crippen LogP contribution in [0.2, 0.25) is 0 Å². The fourth-order valence-corrected chi connectivity index (χ4v) is 3.65. The number of nitrogens with zero attached hydrogens (tertiary/aromatic N) is 1. The molecule has 3 rings (SSSR count). The first kappa shape index (κ1) is 18.8. The van der Waals surface area contributed by atoms with Crippen molar-refractivity contribution in [2.24, 2.45) is 0 Å². The number of benzene rings is 2. The Hall–Kier alpha value is -2.93. The molecule has 5 nitrogen and oxygen atoms in total. The maximum absolute atomic E-state index is 13.0. The van der Waals surface area contributed by atoms with E-state index in [9.17, 15) is 14.0 Å². The minimum absolute atomic E-state index is 0.203. The molecular formula is C20H19FN2O3S. The fraction of sp³-hybridized carbons (Fsp3) is 0.200. The topological polar surface area (TPSA) is 60.3 Å². The van der Waals surface area contributed by atoms with E-state index in [-0.39, 0.29) is 23.1 Å². The van der Waals surface area contributed by atoms with Gasteiger partial charge in [-0.1, -0.05) is 41.7 Å². The number of methoxy groups -OCH3 is 1. The van der Waals surface area contributed by atoms with E-state index in [1.54, 1.807) is 30.7 Å². The van der Waals surface area contributed by atoms with Crippen molar-refractivity contribution >= 4 is 17.2 Å². The predicted octanol–water partition coefficient (Wildman–Crippen LogP) is 3.34. The van der Waals surface area contributed by atoms with Gasteiger partial charge in [-0.25, -0.2) is 4.39 Å². The zero-order valence-electron chi connectivity index (χ0n) is 15.0. The Balaban J connectivity index is 1.77. The summed E-state index contributed by atoms with van der Waals surface area (Å²) in [7, 11) is 1.58. The molecule has 1 aromatic heterocycles. The summed E-state index contributed by atoms with van der Waals surface area (Å²) in [5.74, 6) is 0.0440. The Morgan fingerprint density at radius 2 is 1.89 bits per heavy atom. The zero-order chi connectivity index (χ0) is 19.4. The molecule has 0 fully saturated rings. The molecule has 2 aromatic carbocycles. The molecule has 1 amide bonds. The highest BCUT2D eigenvalue weighted by Crippen LogP contribution is 2.20. The summed E-state index contributed by atoms with van der Waals surface area (Å²) in [5.41, 5.74) is 2.25. The highest BCUT2D eigenvalue weighted by Gasteiger charge is 2.18. The number of carbonyl (C=O) groups excluding carboxylic acids is 1. The predicted molar refractivity (Wildman–Crippen MR) is 103 cm³/mol. The third-order valence-electron chi connectivity index (χ3n) is 4.24. The summed E-state index contributed by atoms with van der Waals surface area (Å²) in [5, 5.41) is 2.77. The SMILES string of the molecule is COc1ccccc1Cn1c(C)c(C(=O)NCc2ccc(F)cc2)sc1=O. The van der Waals surface area contributed by atoms with Crippen molar-refractivity contribution in [3.05, 3.63) is 85.7 Å². The first-order valence-corrected chi connectivity index (χ1v) is 9.16. The Kier molecular flexibility index (Phi) is 5.71. The van der Waals surface area contributed by atoms with Crippen LogP contribution in [0.25, 0.3) is 0 Å². The molecule has 0 aliphatic rings. The second-order valence-corrected chi connectivity index (χ2v) is 6.95. The maximum Gasteiger partial charge on any atom is 0.308 e. The number of hydrogen-bond donors (Lipinski definition) is 1. The summed E-state index contributed by atoms with van der Waals surface area (Å²) in [4.78, 5) is 25.1. The highest BCUT2D eigenvalue weighted by atomic mass is 32.1. The largest absolute Gasteiger partial charge is 0.496 e. The second-order valence-electron chi connectivity index (χ2n) is 5.99. The van der Waals surface area contributed by atoms with Crippen LogP contribution in [-0.2, 0) is 13.1 Å². The number of rotatable bonds is 6. The Bertz CT molecular complexity index is 1010. The van der Waals surface area contributed by atoms with Crippen molar-refractivity contribution in [2.45, 2.75) is 20.0 Å². The molecule has 0 bridgehead atoms.